The molecule has 0 radical (unpaired) electrons. The number of aliphatic hydroxyl groups is 1. The number of esters is 3. The van der Waals surface area contributed by atoms with Gasteiger partial charge >= 0.3 is 25.7 Å². The molecular weight excluding hydrogens is 1050 g/mol. The summed E-state index contributed by atoms with van der Waals surface area (Å²) in [6.07, 6.45) is 78.7. The molecule has 2 N–H and O–H groups in total. The van der Waals surface area contributed by atoms with Gasteiger partial charge in [-0.1, -0.05) is 245 Å². The van der Waals surface area contributed by atoms with Crippen LogP contribution in [-0.4, -0.2) is 66.5 Å². The maximum absolute atomic E-state index is 13.0. The summed E-state index contributed by atoms with van der Waals surface area (Å²) >= 11 is 0. The van der Waals surface area contributed by atoms with E-state index in [4.69, 9.17) is 23.3 Å². The lowest BCUT2D eigenvalue weighted by Gasteiger charge is -2.21. The predicted molar refractivity (Wildman–Crippen MR) is 343 cm³/mol. The second-order valence-electron chi connectivity index (χ2n) is 21.2. The summed E-state index contributed by atoms with van der Waals surface area (Å²) in [5.41, 5.74) is 0. The van der Waals surface area contributed by atoms with Crippen LogP contribution in [0.4, 0.5) is 0 Å². The van der Waals surface area contributed by atoms with Crippen molar-refractivity contribution >= 4 is 25.7 Å². The van der Waals surface area contributed by atoms with E-state index in [2.05, 4.69) is 130 Å². The predicted octanol–water partition coefficient (Wildman–Crippen LogP) is 19.9. The van der Waals surface area contributed by atoms with E-state index in [0.717, 1.165) is 116 Å². The Kier molecular flexibility index (Phi) is 59.8. The minimum Gasteiger partial charge on any atom is -0.462 e. The molecule has 0 aromatic carbocycles. The summed E-state index contributed by atoms with van der Waals surface area (Å²) in [5.74, 6) is -1.55. The van der Waals surface area contributed by atoms with Crippen molar-refractivity contribution in [2.45, 2.75) is 277 Å². The van der Waals surface area contributed by atoms with E-state index in [-0.39, 0.29) is 25.9 Å². The van der Waals surface area contributed by atoms with Gasteiger partial charge in [0.05, 0.1) is 19.8 Å². The average Bonchev–Trinajstić information content (AvgIpc) is 3.49. The summed E-state index contributed by atoms with van der Waals surface area (Å²) in [6.45, 7) is 4.35. The minimum absolute atomic E-state index is 0.0924. The summed E-state index contributed by atoms with van der Waals surface area (Å²) < 4.78 is 39.6. The zero-order valence-corrected chi connectivity index (χ0v) is 52.8. The van der Waals surface area contributed by atoms with Crippen molar-refractivity contribution < 1.29 is 52.2 Å². The van der Waals surface area contributed by atoms with Crippen molar-refractivity contribution in [1.82, 2.24) is 0 Å². The number of phosphoric acid groups is 1. The highest BCUT2D eigenvalue weighted by atomic mass is 31.2. The SMILES string of the molecule is CC/C=C\C/C=C\C/C=C\C/C=C\C/C=C\CCCC(=O)OC(CO)COP(=O)(O)OCC(COC(=O)CCCCCCCCCCC/C=C\CCCCCCCC)OC(=O)CCCCCCCC/C=C\C/C=C\C/C=C\C/C=C\CC. The molecule has 11 nitrogen and oxygen atoms in total. The third-order valence-electron chi connectivity index (χ3n) is 13.3. The van der Waals surface area contributed by atoms with E-state index in [0.29, 0.717) is 25.7 Å². The third-order valence-corrected chi connectivity index (χ3v) is 14.3. The van der Waals surface area contributed by atoms with E-state index in [1.54, 1.807) is 0 Å². The molecule has 0 aliphatic heterocycles. The van der Waals surface area contributed by atoms with Gasteiger partial charge in [0.25, 0.3) is 0 Å². The number of ether oxygens (including phenoxy) is 3. The summed E-state index contributed by atoms with van der Waals surface area (Å²) in [4.78, 5) is 48.8. The number of aliphatic hydroxyl groups excluding tert-OH is 1. The lowest BCUT2D eigenvalue weighted by molar-refractivity contribution is -0.161. The minimum atomic E-state index is -4.78. The number of rotatable bonds is 59. The Bertz CT molecular complexity index is 1840. The Balaban J connectivity index is 4.79. The first-order valence-electron chi connectivity index (χ1n) is 32.4. The summed E-state index contributed by atoms with van der Waals surface area (Å²) in [7, 11) is -4.78. The maximum Gasteiger partial charge on any atom is 0.472 e. The quantitative estimate of drug-likeness (QED) is 0.0197. The topological polar surface area (TPSA) is 155 Å². The number of unbranched alkanes of at least 4 members (excludes halogenated alkanes) is 22. The highest BCUT2D eigenvalue weighted by Gasteiger charge is 2.28. The second kappa shape index (κ2) is 62.9. The Morgan fingerprint density at radius 2 is 0.646 bits per heavy atom. The van der Waals surface area contributed by atoms with Gasteiger partial charge < -0.3 is 24.2 Å². The van der Waals surface area contributed by atoms with Crippen molar-refractivity contribution in [3.8, 4) is 0 Å². The van der Waals surface area contributed by atoms with Gasteiger partial charge in [0.1, 0.15) is 12.7 Å². The van der Waals surface area contributed by atoms with Crippen molar-refractivity contribution in [3.63, 3.8) is 0 Å². The molecule has 0 amide bonds. The Hall–Kier alpha value is -4.12. The van der Waals surface area contributed by atoms with Crippen molar-refractivity contribution in [3.05, 3.63) is 122 Å². The molecule has 12 heteroatoms. The van der Waals surface area contributed by atoms with Crippen LogP contribution in [0.2, 0.25) is 0 Å². The zero-order chi connectivity index (χ0) is 59.8. The van der Waals surface area contributed by atoms with Gasteiger partial charge in [-0.15, -0.1) is 0 Å². The molecule has 0 aliphatic carbocycles. The van der Waals surface area contributed by atoms with Gasteiger partial charge in [-0.05, 0) is 122 Å². The molecule has 0 rings (SSSR count). The average molecular weight is 1170 g/mol. The molecule has 0 saturated carbocycles. The van der Waals surface area contributed by atoms with Crippen LogP contribution in [0, 0.1) is 0 Å². The van der Waals surface area contributed by atoms with Crippen molar-refractivity contribution in [2.24, 2.45) is 0 Å². The van der Waals surface area contributed by atoms with Crippen LogP contribution >= 0.6 is 7.82 Å². The number of carbonyl (C=O) groups is 3. The number of hydrogen-bond acceptors (Lipinski definition) is 10. The van der Waals surface area contributed by atoms with E-state index in [9.17, 15) is 28.9 Å². The maximum atomic E-state index is 13.0. The molecule has 0 aliphatic rings. The van der Waals surface area contributed by atoms with Gasteiger partial charge in [-0.25, -0.2) is 4.57 Å². The second-order valence-corrected chi connectivity index (χ2v) is 22.6. The van der Waals surface area contributed by atoms with Crippen LogP contribution < -0.4 is 0 Å². The van der Waals surface area contributed by atoms with Crippen LogP contribution in [0.1, 0.15) is 265 Å². The Morgan fingerprint density at radius 1 is 0.354 bits per heavy atom. The van der Waals surface area contributed by atoms with Crippen LogP contribution in [0.15, 0.2) is 122 Å². The van der Waals surface area contributed by atoms with Crippen molar-refractivity contribution in [2.75, 3.05) is 26.4 Å². The number of phosphoric ester groups is 1. The lowest BCUT2D eigenvalue weighted by atomic mass is 10.1. The van der Waals surface area contributed by atoms with Gasteiger partial charge in [-0.2, -0.15) is 0 Å². The fourth-order valence-electron chi connectivity index (χ4n) is 8.50. The highest BCUT2D eigenvalue weighted by Crippen LogP contribution is 2.43. The molecule has 82 heavy (non-hydrogen) atoms. The smallest absolute Gasteiger partial charge is 0.462 e. The molecule has 0 aromatic rings. The van der Waals surface area contributed by atoms with E-state index in [1.165, 1.54) is 83.5 Å². The fraction of sp³-hybridized carbons (Fsp3) is 0.671. The lowest BCUT2D eigenvalue weighted by Crippen LogP contribution is -2.30. The molecular formula is C70H117O11P. The summed E-state index contributed by atoms with van der Waals surface area (Å²) in [6, 6.07) is 0. The Labute approximate surface area is 500 Å². The normalized spacial score (nSPS) is 14.1. The molecule has 0 heterocycles. The number of carbonyl (C=O) groups excluding carboxylic acids is 3. The first kappa shape index (κ1) is 77.9. The first-order chi connectivity index (χ1) is 40.2. The van der Waals surface area contributed by atoms with Gasteiger partial charge in [-0.3, -0.25) is 23.4 Å². The molecule has 0 spiro atoms. The van der Waals surface area contributed by atoms with Gasteiger partial charge in [0.15, 0.2) is 6.10 Å². The van der Waals surface area contributed by atoms with Crippen molar-refractivity contribution in [1.29, 1.82) is 0 Å². The third kappa shape index (κ3) is 60.5. The molecule has 3 atom stereocenters. The molecule has 3 unspecified atom stereocenters. The van der Waals surface area contributed by atoms with Crippen LogP contribution in [0.5, 0.6) is 0 Å². The van der Waals surface area contributed by atoms with Crippen LogP contribution in [0.25, 0.3) is 0 Å². The molecule has 0 saturated heterocycles. The number of hydrogen-bond donors (Lipinski definition) is 2. The first-order valence-corrected chi connectivity index (χ1v) is 33.9. The largest absolute Gasteiger partial charge is 0.472 e. The molecule has 0 fully saturated rings. The molecule has 0 aromatic heterocycles. The standard InChI is InChI=1S/C70H117O11P/c1-4-7-10-13-16-19-22-25-28-31-33-36-38-41-44-47-50-53-56-59-68(72)77-63-67(81-70(74)61-58-55-52-49-46-43-40-37-34-32-29-26-23-20-17-14-11-8-5-2)65-79-82(75,76)78-64-66(62-71)80-69(73)60-57-54-51-48-45-42-39-35-30-27-24-21-18-15-12-9-6-3/h8-9,11-12,17-18,20-21,25-30,34,37,39,42,48,51,66-67,71H,4-7,10,13-16,19,22-24,31-33,35-36,38,40-41,43-47,49-50,52-65H2,1-3H3,(H,75,76)/b11-8-,12-9-,20-17-,21-18-,28-25-,29-26-,30-27-,37-34-,42-39-,51-48-. The summed E-state index contributed by atoms with van der Waals surface area (Å²) in [5, 5.41) is 9.85. The molecule has 0 bridgehead atoms. The van der Waals surface area contributed by atoms with E-state index in [1.807, 2.05) is 12.2 Å². The Morgan fingerprint density at radius 3 is 1.04 bits per heavy atom. The van der Waals surface area contributed by atoms with Crippen LogP contribution in [0.3, 0.4) is 0 Å². The van der Waals surface area contributed by atoms with Crippen LogP contribution in [-0.2, 0) is 42.2 Å². The number of allylic oxidation sites excluding steroid dienone is 20. The highest BCUT2D eigenvalue weighted by molar-refractivity contribution is 7.47. The van der Waals surface area contributed by atoms with Gasteiger partial charge in [0, 0.05) is 19.3 Å². The molecule has 468 valence electrons. The van der Waals surface area contributed by atoms with Gasteiger partial charge in [0.2, 0.25) is 0 Å². The zero-order valence-electron chi connectivity index (χ0n) is 51.9. The fourth-order valence-corrected chi connectivity index (χ4v) is 9.28. The van der Waals surface area contributed by atoms with E-state index >= 15 is 0 Å². The van der Waals surface area contributed by atoms with E-state index < -0.39 is 57.8 Å². The monoisotopic (exact) mass is 1160 g/mol.